The van der Waals surface area contributed by atoms with Crippen molar-refractivity contribution in [2.75, 3.05) is 19.0 Å². The van der Waals surface area contributed by atoms with Gasteiger partial charge in [-0.2, -0.15) is 0 Å². The van der Waals surface area contributed by atoms with E-state index in [-0.39, 0.29) is 24.4 Å². The number of ether oxygens (including phenoxy) is 2. The zero-order chi connectivity index (χ0) is 14.5. The molecule has 0 heterocycles. The topological polar surface area (TPSA) is 47.6 Å². The molecule has 1 N–H and O–H groups in total. The fourth-order valence-corrected chi connectivity index (χ4v) is 1.59. The number of carbonyl (C=O) groups is 1. The van der Waals surface area contributed by atoms with Crippen LogP contribution in [0.3, 0.4) is 0 Å². The van der Waals surface area contributed by atoms with E-state index >= 15 is 0 Å². The van der Waals surface area contributed by atoms with Crippen LogP contribution in [0.15, 0.2) is 22.7 Å². The van der Waals surface area contributed by atoms with Gasteiger partial charge in [0.15, 0.2) is 5.75 Å². The standard InChI is InChI=1S/C11H11BrF3NO3/c1-18-10(17)4-5-16-8-3-2-7(12)6-9(8)19-11(13,14)15/h2-3,6,16H,4-5H2,1H3. The lowest BCUT2D eigenvalue weighted by Gasteiger charge is -2.14. The number of halogens is 4. The third kappa shape index (κ3) is 5.82. The van der Waals surface area contributed by atoms with Crippen molar-refractivity contribution >= 4 is 27.6 Å². The first-order chi connectivity index (χ1) is 8.81. The van der Waals surface area contributed by atoms with Gasteiger partial charge in [0, 0.05) is 11.0 Å². The quantitative estimate of drug-likeness (QED) is 0.834. The maximum absolute atomic E-state index is 12.2. The summed E-state index contributed by atoms with van der Waals surface area (Å²) in [5, 5.41) is 2.68. The van der Waals surface area contributed by atoms with Gasteiger partial charge in [0.25, 0.3) is 0 Å². The molecule has 8 heteroatoms. The summed E-state index contributed by atoms with van der Waals surface area (Å²) in [5.41, 5.74) is 0.143. The molecule has 0 aliphatic rings. The van der Waals surface area contributed by atoms with Crippen LogP contribution in [0, 0.1) is 0 Å². The van der Waals surface area contributed by atoms with Gasteiger partial charge >= 0.3 is 12.3 Å². The maximum Gasteiger partial charge on any atom is 0.573 e. The minimum absolute atomic E-state index is 0.0397. The van der Waals surface area contributed by atoms with Crippen molar-refractivity contribution in [2.45, 2.75) is 12.8 Å². The van der Waals surface area contributed by atoms with Crippen molar-refractivity contribution in [3.63, 3.8) is 0 Å². The number of rotatable bonds is 5. The van der Waals surface area contributed by atoms with E-state index < -0.39 is 12.3 Å². The minimum Gasteiger partial charge on any atom is -0.469 e. The molecule has 0 bridgehead atoms. The van der Waals surface area contributed by atoms with Crippen LogP contribution in [0.4, 0.5) is 18.9 Å². The number of hydrogen-bond acceptors (Lipinski definition) is 4. The summed E-state index contributed by atoms with van der Waals surface area (Å²) in [7, 11) is 1.24. The summed E-state index contributed by atoms with van der Waals surface area (Å²) in [4.78, 5) is 10.9. The molecule has 106 valence electrons. The zero-order valence-corrected chi connectivity index (χ0v) is 11.5. The molecule has 4 nitrogen and oxygen atoms in total. The lowest BCUT2D eigenvalue weighted by atomic mass is 10.3. The van der Waals surface area contributed by atoms with Crippen molar-refractivity contribution in [1.29, 1.82) is 0 Å². The number of methoxy groups -OCH3 is 1. The number of alkyl halides is 3. The van der Waals surface area contributed by atoms with Crippen molar-refractivity contribution in [3.8, 4) is 5.75 Å². The lowest BCUT2D eigenvalue weighted by Crippen LogP contribution is -2.18. The van der Waals surface area contributed by atoms with Gasteiger partial charge in [0.1, 0.15) is 0 Å². The SMILES string of the molecule is COC(=O)CCNc1ccc(Br)cc1OC(F)(F)F. The Morgan fingerprint density at radius 1 is 1.42 bits per heavy atom. The molecule has 0 amide bonds. The number of esters is 1. The van der Waals surface area contributed by atoms with E-state index in [2.05, 4.69) is 30.7 Å². The second kappa shape index (κ2) is 6.65. The Bertz CT molecular complexity index is 451. The number of carbonyl (C=O) groups excluding carboxylic acids is 1. The predicted molar refractivity (Wildman–Crippen MR) is 65.9 cm³/mol. The van der Waals surface area contributed by atoms with Crippen LogP contribution in [0.1, 0.15) is 6.42 Å². The Balaban J connectivity index is 2.73. The molecule has 0 saturated carbocycles. The van der Waals surface area contributed by atoms with Crippen LogP contribution in [-0.4, -0.2) is 26.0 Å². The van der Waals surface area contributed by atoms with E-state index in [0.717, 1.165) is 0 Å². The van der Waals surface area contributed by atoms with Gasteiger partial charge < -0.3 is 14.8 Å². The summed E-state index contributed by atoms with van der Waals surface area (Å²) < 4.78 is 45.4. The molecular weight excluding hydrogens is 331 g/mol. The van der Waals surface area contributed by atoms with Crippen LogP contribution in [-0.2, 0) is 9.53 Å². The highest BCUT2D eigenvalue weighted by atomic mass is 79.9. The Hall–Kier alpha value is -1.44. The highest BCUT2D eigenvalue weighted by Crippen LogP contribution is 2.32. The third-order valence-electron chi connectivity index (χ3n) is 2.04. The highest BCUT2D eigenvalue weighted by molar-refractivity contribution is 9.10. The molecule has 0 spiro atoms. The van der Waals surface area contributed by atoms with E-state index in [1.165, 1.54) is 19.2 Å². The Morgan fingerprint density at radius 3 is 2.68 bits per heavy atom. The maximum atomic E-state index is 12.2. The van der Waals surface area contributed by atoms with E-state index in [1.807, 2.05) is 0 Å². The molecule has 0 radical (unpaired) electrons. The monoisotopic (exact) mass is 341 g/mol. The minimum atomic E-state index is -4.78. The summed E-state index contributed by atoms with van der Waals surface area (Å²) >= 11 is 3.06. The smallest absolute Gasteiger partial charge is 0.469 e. The molecule has 0 aliphatic carbocycles. The zero-order valence-electron chi connectivity index (χ0n) is 9.88. The molecule has 0 aromatic heterocycles. The highest BCUT2D eigenvalue weighted by Gasteiger charge is 2.32. The van der Waals surface area contributed by atoms with Crippen molar-refractivity contribution in [3.05, 3.63) is 22.7 Å². The van der Waals surface area contributed by atoms with Crippen LogP contribution in [0.5, 0.6) is 5.75 Å². The summed E-state index contributed by atoms with van der Waals surface area (Å²) in [6.07, 6.45) is -4.74. The Morgan fingerprint density at radius 2 is 2.11 bits per heavy atom. The average molecular weight is 342 g/mol. The van der Waals surface area contributed by atoms with Crippen molar-refractivity contribution < 1.29 is 27.4 Å². The third-order valence-corrected chi connectivity index (χ3v) is 2.53. The molecule has 0 aliphatic heterocycles. The van der Waals surface area contributed by atoms with E-state index in [0.29, 0.717) is 4.47 Å². The summed E-state index contributed by atoms with van der Waals surface area (Å²) in [6.45, 7) is 0.141. The van der Waals surface area contributed by atoms with E-state index in [1.54, 1.807) is 6.07 Å². The molecule has 0 atom stereocenters. The van der Waals surface area contributed by atoms with Crippen molar-refractivity contribution in [1.82, 2.24) is 0 Å². The second-order valence-electron chi connectivity index (χ2n) is 3.44. The fourth-order valence-electron chi connectivity index (χ4n) is 1.25. The molecule has 19 heavy (non-hydrogen) atoms. The van der Waals surface area contributed by atoms with E-state index in [9.17, 15) is 18.0 Å². The van der Waals surface area contributed by atoms with Gasteiger partial charge in [-0.05, 0) is 18.2 Å². The molecule has 0 fully saturated rings. The van der Waals surface area contributed by atoms with Crippen LogP contribution < -0.4 is 10.1 Å². The molecule has 0 unspecified atom stereocenters. The first kappa shape index (κ1) is 15.6. The van der Waals surface area contributed by atoms with Gasteiger partial charge in [0.2, 0.25) is 0 Å². The summed E-state index contributed by atoms with van der Waals surface area (Å²) in [6, 6.07) is 4.17. The molecule has 0 saturated heterocycles. The average Bonchev–Trinajstić information content (AvgIpc) is 2.29. The van der Waals surface area contributed by atoms with Crippen molar-refractivity contribution in [2.24, 2.45) is 0 Å². The lowest BCUT2D eigenvalue weighted by molar-refractivity contribution is -0.274. The van der Waals surface area contributed by atoms with E-state index in [4.69, 9.17) is 0 Å². The Labute approximate surface area is 116 Å². The molecular formula is C11H11BrF3NO3. The predicted octanol–water partition coefficient (Wildman–Crippen LogP) is 3.32. The first-order valence-corrected chi connectivity index (χ1v) is 5.97. The number of hydrogen-bond donors (Lipinski definition) is 1. The largest absolute Gasteiger partial charge is 0.573 e. The normalized spacial score (nSPS) is 11.0. The van der Waals surface area contributed by atoms with Gasteiger partial charge in [-0.25, -0.2) is 0 Å². The summed E-state index contributed by atoms with van der Waals surface area (Å²) in [5.74, 6) is -0.824. The van der Waals surface area contributed by atoms with Crippen LogP contribution in [0.25, 0.3) is 0 Å². The van der Waals surface area contributed by atoms with Crippen LogP contribution in [0.2, 0.25) is 0 Å². The van der Waals surface area contributed by atoms with Crippen LogP contribution >= 0.6 is 15.9 Å². The van der Waals surface area contributed by atoms with Gasteiger partial charge in [-0.3, -0.25) is 4.79 Å². The molecule has 1 aromatic rings. The molecule has 1 rings (SSSR count). The number of anilines is 1. The van der Waals surface area contributed by atoms with Gasteiger partial charge in [0.05, 0.1) is 19.2 Å². The van der Waals surface area contributed by atoms with Gasteiger partial charge in [-0.1, -0.05) is 15.9 Å². The fraction of sp³-hybridized carbons (Fsp3) is 0.364. The molecule has 1 aromatic carbocycles. The number of benzene rings is 1. The van der Waals surface area contributed by atoms with Gasteiger partial charge in [-0.15, -0.1) is 13.2 Å². The Kier molecular flexibility index (Phi) is 5.46. The first-order valence-electron chi connectivity index (χ1n) is 5.18. The number of nitrogens with one attached hydrogen (secondary N) is 1. The second-order valence-corrected chi connectivity index (χ2v) is 4.36.